The van der Waals surface area contributed by atoms with Crippen molar-refractivity contribution in [2.24, 2.45) is 0 Å². The van der Waals surface area contributed by atoms with Crippen LogP contribution in [0.1, 0.15) is 12.8 Å². The minimum absolute atomic E-state index is 0.258. The first kappa shape index (κ1) is 5.55. The lowest BCUT2D eigenvalue weighted by Gasteiger charge is -2.08. The molecule has 0 amide bonds. The van der Waals surface area contributed by atoms with Gasteiger partial charge in [0.25, 0.3) is 0 Å². The predicted molar refractivity (Wildman–Crippen MR) is 26.8 cm³/mol. The summed E-state index contributed by atoms with van der Waals surface area (Å²) in [6, 6.07) is 0. The number of hydrogen-bond donors (Lipinski definition) is 0. The lowest BCUT2D eigenvalue weighted by Crippen LogP contribution is -2.17. The van der Waals surface area contributed by atoms with E-state index in [-0.39, 0.29) is 6.42 Å². The van der Waals surface area contributed by atoms with Crippen LogP contribution >= 0.6 is 0 Å². The molecular formula is C6H6F2. The molecule has 0 aromatic rings. The summed E-state index contributed by atoms with van der Waals surface area (Å²) in [5.41, 5.74) is 0. The molecule has 0 fully saturated rings. The van der Waals surface area contributed by atoms with Crippen LogP contribution in [0.5, 0.6) is 0 Å². The molecule has 0 radical (unpaired) electrons. The number of rotatable bonds is 0. The molecular weight excluding hydrogens is 110 g/mol. The Balaban J connectivity index is 2.55. The molecule has 0 aromatic carbocycles. The van der Waals surface area contributed by atoms with E-state index in [1.165, 1.54) is 0 Å². The first-order chi connectivity index (χ1) is 3.80. The van der Waals surface area contributed by atoms with E-state index >= 15 is 0 Å². The van der Waals surface area contributed by atoms with E-state index in [1.54, 1.807) is 0 Å². The topological polar surface area (TPSA) is 0 Å². The number of hydrogen-bond acceptors (Lipinski definition) is 0. The summed E-state index contributed by atoms with van der Waals surface area (Å²) in [5, 5.41) is 0. The summed E-state index contributed by atoms with van der Waals surface area (Å²) in [7, 11) is 0. The molecule has 1 rings (SSSR count). The summed E-state index contributed by atoms with van der Waals surface area (Å²) >= 11 is 0. The van der Waals surface area contributed by atoms with Crippen molar-refractivity contribution in [1.82, 2.24) is 0 Å². The minimum Gasteiger partial charge on any atom is -0.243 e. The molecule has 0 heterocycles. The Morgan fingerprint density at radius 1 is 1.38 bits per heavy atom. The maximum atomic E-state index is 12.1. The van der Waals surface area contributed by atoms with E-state index in [4.69, 9.17) is 0 Å². The largest absolute Gasteiger partial charge is 0.243 e. The van der Waals surface area contributed by atoms with Gasteiger partial charge in [-0.1, -0.05) is 5.92 Å². The van der Waals surface area contributed by atoms with E-state index in [0.717, 1.165) is 0 Å². The van der Waals surface area contributed by atoms with Crippen molar-refractivity contribution in [1.29, 1.82) is 0 Å². The van der Waals surface area contributed by atoms with Crippen molar-refractivity contribution in [3.63, 3.8) is 0 Å². The molecule has 1 aliphatic rings. The lowest BCUT2D eigenvalue weighted by atomic mass is 10.1. The Kier molecular flexibility index (Phi) is 1.48. The normalized spacial score (nSPS) is 35.8. The van der Waals surface area contributed by atoms with Crippen LogP contribution in [-0.2, 0) is 0 Å². The molecule has 44 valence electrons. The van der Waals surface area contributed by atoms with Gasteiger partial charge in [-0.05, 0) is 6.42 Å². The fourth-order valence-electron chi connectivity index (χ4n) is 0.616. The first-order valence-corrected chi connectivity index (χ1v) is 2.57. The minimum atomic E-state index is -1.52. The highest BCUT2D eigenvalue weighted by molar-refractivity contribution is 5.11. The van der Waals surface area contributed by atoms with Gasteiger partial charge in [-0.15, -0.1) is 5.92 Å². The molecule has 0 aliphatic heterocycles. The lowest BCUT2D eigenvalue weighted by molar-refractivity contribution is 0.198. The fraction of sp³-hybridized carbons (Fsp3) is 0.667. The third-order valence-electron chi connectivity index (χ3n) is 1.10. The van der Waals surface area contributed by atoms with Gasteiger partial charge in [-0.3, -0.25) is 0 Å². The van der Waals surface area contributed by atoms with E-state index in [1.807, 2.05) is 0 Å². The van der Waals surface area contributed by atoms with Crippen LogP contribution in [0.4, 0.5) is 8.78 Å². The molecule has 2 atom stereocenters. The van der Waals surface area contributed by atoms with Crippen molar-refractivity contribution < 1.29 is 8.78 Å². The predicted octanol–water partition coefficient (Wildman–Crippen LogP) is 1.46. The second-order valence-corrected chi connectivity index (χ2v) is 1.78. The Hall–Kier alpha value is -0.580. The Labute approximate surface area is 46.9 Å². The van der Waals surface area contributed by atoms with E-state index in [2.05, 4.69) is 11.8 Å². The van der Waals surface area contributed by atoms with Crippen LogP contribution in [0.15, 0.2) is 0 Å². The number of halogens is 2. The van der Waals surface area contributed by atoms with Gasteiger partial charge in [-0.2, -0.15) is 0 Å². The summed E-state index contributed by atoms with van der Waals surface area (Å²) in [6.45, 7) is 0. The zero-order valence-corrected chi connectivity index (χ0v) is 4.32. The van der Waals surface area contributed by atoms with Crippen LogP contribution in [0, 0.1) is 11.8 Å². The van der Waals surface area contributed by atoms with Crippen LogP contribution in [0.2, 0.25) is 0 Å². The molecule has 8 heavy (non-hydrogen) atoms. The zero-order chi connectivity index (χ0) is 5.98. The van der Waals surface area contributed by atoms with Gasteiger partial charge in [0.15, 0.2) is 6.17 Å². The highest BCUT2D eigenvalue weighted by Gasteiger charge is 2.19. The van der Waals surface area contributed by atoms with Crippen molar-refractivity contribution in [3.8, 4) is 11.8 Å². The second-order valence-electron chi connectivity index (χ2n) is 1.78. The standard InChI is InChI=1S/C6H6F2/c7-5-3-1-2-4-6(5)8/h5-6H,1,3H2. The van der Waals surface area contributed by atoms with Crippen molar-refractivity contribution in [2.45, 2.75) is 25.2 Å². The maximum absolute atomic E-state index is 12.1. The molecule has 0 saturated carbocycles. The van der Waals surface area contributed by atoms with E-state index in [9.17, 15) is 8.78 Å². The highest BCUT2D eigenvalue weighted by Crippen LogP contribution is 2.12. The summed E-state index contributed by atoms with van der Waals surface area (Å²) in [5.74, 6) is 4.64. The Morgan fingerprint density at radius 3 is 2.50 bits per heavy atom. The molecule has 2 unspecified atom stereocenters. The molecule has 1 aliphatic carbocycles. The second kappa shape index (κ2) is 2.13. The molecule has 2 heteroatoms. The van der Waals surface area contributed by atoms with Gasteiger partial charge in [-0.25, -0.2) is 8.78 Å². The van der Waals surface area contributed by atoms with E-state index < -0.39 is 12.3 Å². The molecule has 0 saturated heterocycles. The van der Waals surface area contributed by atoms with Crippen LogP contribution in [-0.4, -0.2) is 12.3 Å². The van der Waals surface area contributed by atoms with Crippen molar-refractivity contribution in [3.05, 3.63) is 0 Å². The molecule has 0 nitrogen and oxygen atoms in total. The van der Waals surface area contributed by atoms with Gasteiger partial charge in [0.05, 0.1) is 0 Å². The average Bonchev–Trinajstić information content (AvgIpc) is 1.77. The first-order valence-electron chi connectivity index (χ1n) is 2.57. The Bertz CT molecular complexity index is 131. The quantitative estimate of drug-likeness (QED) is 0.420. The van der Waals surface area contributed by atoms with Crippen molar-refractivity contribution in [2.75, 3.05) is 0 Å². The Morgan fingerprint density at radius 2 is 2.12 bits per heavy atom. The third-order valence-corrected chi connectivity index (χ3v) is 1.10. The van der Waals surface area contributed by atoms with Gasteiger partial charge in [0.2, 0.25) is 0 Å². The van der Waals surface area contributed by atoms with Crippen molar-refractivity contribution >= 4 is 0 Å². The third kappa shape index (κ3) is 0.975. The highest BCUT2D eigenvalue weighted by atomic mass is 19.2. The van der Waals surface area contributed by atoms with Crippen LogP contribution < -0.4 is 0 Å². The zero-order valence-electron chi connectivity index (χ0n) is 4.32. The van der Waals surface area contributed by atoms with Gasteiger partial charge < -0.3 is 0 Å². The smallest absolute Gasteiger partial charge is 0.191 e. The number of alkyl halides is 2. The average molecular weight is 116 g/mol. The molecule has 0 bridgehead atoms. The van der Waals surface area contributed by atoms with E-state index in [0.29, 0.717) is 6.42 Å². The maximum Gasteiger partial charge on any atom is 0.191 e. The summed E-state index contributed by atoms with van der Waals surface area (Å²) < 4.78 is 24.1. The van der Waals surface area contributed by atoms with Gasteiger partial charge >= 0.3 is 0 Å². The fourth-order valence-corrected chi connectivity index (χ4v) is 0.616. The summed E-state index contributed by atoms with van der Waals surface area (Å²) in [6.07, 6.45) is -2.10. The summed E-state index contributed by atoms with van der Waals surface area (Å²) in [4.78, 5) is 0. The molecule has 0 aromatic heterocycles. The van der Waals surface area contributed by atoms with Crippen LogP contribution in [0.3, 0.4) is 0 Å². The SMILES string of the molecule is FC1C#CCCC1F. The van der Waals surface area contributed by atoms with Gasteiger partial charge in [0, 0.05) is 6.42 Å². The molecule has 0 spiro atoms. The monoisotopic (exact) mass is 116 g/mol. The molecule has 0 N–H and O–H groups in total. The van der Waals surface area contributed by atoms with Crippen LogP contribution in [0.25, 0.3) is 0 Å². The van der Waals surface area contributed by atoms with Gasteiger partial charge in [0.1, 0.15) is 6.17 Å².